The van der Waals surface area contributed by atoms with Gasteiger partial charge in [-0.25, -0.2) is 0 Å². The number of rotatable bonds is 6. The fourth-order valence-electron chi connectivity index (χ4n) is 2.56. The van der Waals surface area contributed by atoms with Crippen molar-refractivity contribution < 1.29 is 5.11 Å². The normalized spacial score (nSPS) is 19.9. The van der Waals surface area contributed by atoms with Gasteiger partial charge < -0.3 is 10.0 Å². The van der Waals surface area contributed by atoms with Crippen molar-refractivity contribution in [3.8, 4) is 0 Å². The molecule has 0 unspecified atom stereocenters. The van der Waals surface area contributed by atoms with Gasteiger partial charge in [-0.1, -0.05) is 11.8 Å². The van der Waals surface area contributed by atoms with Crippen LogP contribution in [0.2, 0.25) is 0 Å². The first-order valence-electron chi connectivity index (χ1n) is 7.33. The second-order valence-corrected chi connectivity index (χ2v) is 6.42. The Morgan fingerprint density at radius 3 is 2.63 bits per heavy atom. The molecule has 19 heavy (non-hydrogen) atoms. The number of hydrogen-bond acceptors (Lipinski definition) is 5. The van der Waals surface area contributed by atoms with Gasteiger partial charge in [0.25, 0.3) is 0 Å². The zero-order chi connectivity index (χ0) is 13.1. The molecule has 106 valence electrons. The summed E-state index contributed by atoms with van der Waals surface area (Å²) in [6.45, 7) is 2.49. The highest BCUT2D eigenvalue weighted by Gasteiger charge is 2.31. The first-order valence-corrected chi connectivity index (χ1v) is 8.32. The predicted octanol–water partition coefficient (Wildman–Crippen LogP) is 2.08. The Balaban J connectivity index is 1.75. The molecular formula is C13H22N4OS. The summed E-state index contributed by atoms with van der Waals surface area (Å²) in [6, 6.07) is 0.614. The highest BCUT2D eigenvalue weighted by Crippen LogP contribution is 2.41. The number of thioether (sulfide) groups is 1. The van der Waals surface area contributed by atoms with Gasteiger partial charge in [-0.05, 0) is 38.5 Å². The van der Waals surface area contributed by atoms with E-state index >= 15 is 0 Å². The molecule has 2 fully saturated rings. The third-order valence-corrected chi connectivity index (χ3v) is 4.76. The van der Waals surface area contributed by atoms with Gasteiger partial charge in [-0.15, -0.1) is 10.2 Å². The molecule has 1 aromatic heterocycles. The van der Waals surface area contributed by atoms with Crippen molar-refractivity contribution in [2.45, 2.75) is 49.7 Å². The van der Waals surface area contributed by atoms with Crippen molar-refractivity contribution in [3.05, 3.63) is 0 Å². The second-order valence-electron chi connectivity index (χ2n) is 5.36. The summed E-state index contributed by atoms with van der Waals surface area (Å²) in [4.78, 5) is 2.39. The van der Waals surface area contributed by atoms with E-state index in [9.17, 15) is 0 Å². The number of anilines is 1. The van der Waals surface area contributed by atoms with E-state index in [4.69, 9.17) is 5.11 Å². The summed E-state index contributed by atoms with van der Waals surface area (Å²) in [7, 11) is 0. The number of hydrogen-bond donors (Lipinski definition) is 1. The summed E-state index contributed by atoms with van der Waals surface area (Å²) in [5.41, 5.74) is 0. The molecule has 3 rings (SSSR count). The summed E-state index contributed by atoms with van der Waals surface area (Å²) in [6.07, 6.45) is 7.21. The number of nitrogens with zero attached hydrogens (tertiary/aromatic N) is 4. The lowest BCUT2D eigenvalue weighted by Crippen LogP contribution is -2.31. The number of aliphatic hydroxyl groups excluding tert-OH is 1. The highest BCUT2D eigenvalue weighted by molar-refractivity contribution is 7.99. The summed E-state index contributed by atoms with van der Waals surface area (Å²) < 4.78 is 2.34. The van der Waals surface area contributed by atoms with Crippen LogP contribution in [0.4, 0.5) is 5.95 Å². The van der Waals surface area contributed by atoms with Crippen LogP contribution in [0.1, 0.15) is 44.6 Å². The summed E-state index contributed by atoms with van der Waals surface area (Å²) in [5, 5.41) is 18.7. The van der Waals surface area contributed by atoms with Crippen molar-refractivity contribution in [1.29, 1.82) is 0 Å². The predicted molar refractivity (Wildman–Crippen MR) is 76.8 cm³/mol. The smallest absolute Gasteiger partial charge is 0.228 e. The maximum absolute atomic E-state index is 8.88. The molecule has 0 bridgehead atoms. The van der Waals surface area contributed by atoms with Gasteiger partial charge in [0, 0.05) is 31.5 Å². The molecule has 0 spiro atoms. The summed E-state index contributed by atoms with van der Waals surface area (Å²) in [5.74, 6) is 2.00. The maximum atomic E-state index is 8.88. The van der Waals surface area contributed by atoms with Crippen LogP contribution in [-0.4, -0.2) is 45.3 Å². The van der Waals surface area contributed by atoms with Gasteiger partial charge >= 0.3 is 0 Å². The topological polar surface area (TPSA) is 54.2 Å². The van der Waals surface area contributed by atoms with Crippen LogP contribution in [0.5, 0.6) is 0 Å². The quantitative estimate of drug-likeness (QED) is 0.639. The van der Waals surface area contributed by atoms with Gasteiger partial charge in [-0.2, -0.15) is 0 Å². The van der Waals surface area contributed by atoms with Crippen LogP contribution < -0.4 is 4.90 Å². The SMILES string of the molecule is OCCCSc1nnc(N2CCCCC2)n1C1CC1. The molecule has 1 aliphatic carbocycles. The molecule has 0 radical (unpaired) electrons. The lowest BCUT2D eigenvalue weighted by atomic mass is 10.1. The van der Waals surface area contributed by atoms with Gasteiger partial charge in [0.1, 0.15) is 0 Å². The summed E-state index contributed by atoms with van der Waals surface area (Å²) >= 11 is 1.73. The lowest BCUT2D eigenvalue weighted by molar-refractivity contribution is 0.296. The minimum absolute atomic E-state index is 0.254. The Morgan fingerprint density at radius 2 is 1.95 bits per heavy atom. The van der Waals surface area contributed by atoms with Crippen LogP contribution in [0.25, 0.3) is 0 Å². The first-order chi connectivity index (χ1) is 9.40. The van der Waals surface area contributed by atoms with E-state index in [1.807, 2.05) is 0 Å². The average molecular weight is 282 g/mol. The third-order valence-electron chi connectivity index (χ3n) is 3.73. The van der Waals surface area contributed by atoms with Crippen LogP contribution in [0.15, 0.2) is 5.16 Å². The molecule has 2 aliphatic rings. The molecule has 0 amide bonds. The Bertz CT molecular complexity index is 413. The van der Waals surface area contributed by atoms with E-state index in [0.717, 1.165) is 36.4 Å². The van der Waals surface area contributed by atoms with E-state index in [1.165, 1.54) is 32.1 Å². The molecule has 6 heteroatoms. The molecule has 0 aromatic carbocycles. The maximum Gasteiger partial charge on any atom is 0.228 e. The van der Waals surface area contributed by atoms with E-state index in [0.29, 0.717) is 6.04 Å². The van der Waals surface area contributed by atoms with Gasteiger partial charge in [0.05, 0.1) is 0 Å². The van der Waals surface area contributed by atoms with E-state index in [-0.39, 0.29) is 6.61 Å². The van der Waals surface area contributed by atoms with E-state index in [2.05, 4.69) is 19.7 Å². The average Bonchev–Trinajstić information content (AvgIpc) is 3.21. The van der Waals surface area contributed by atoms with Gasteiger partial charge in [0.2, 0.25) is 5.95 Å². The monoisotopic (exact) mass is 282 g/mol. The van der Waals surface area contributed by atoms with Crippen molar-refractivity contribution in [3.63, 3.8) is 0 Å². The van der Waals surface area contributed by atoms with Crippen molar-refractivity contribution in [2.75, 3.05) is 30.3 Å². The molecule has 5 nitrogen and oxygen atoms in total. The van der Waals surface area contributed by atoms with Gasteiger partial charge in [-0.3, -0.25) is 4.57 Å². The molecule has 1 aliphatic heterocycles. The molecular weight excluding hydrogens is 260 g/mol. The number of piperidine rings is 1. The molecule has 1 N–H and O–H groups in total. The number of aliphatic hydroxyl groups is 1. The molecule has 1 saturated heterocycles. The van der Waals surface area contributed by atoms with Crippen LogP contribution in [0.3, 0.4) is 0 Å². The zero-order valence-corrected chi connectivity index (χ0v) is 12.1. The molecule has 0 atom stereocenters. The minimum Gasteiger partial charge on any atom is -0.396 e. The van der Waals surface area contributed by atoms with Crippen molar-refractivity contribution >= 4 is 17.7 Å². The fraction of sp³-hybridized carbons (Fsp3) is 0.846. The largest absolute Gasteiger partial charge is 0.396 e. The van der Waals surface area contributed by atoms with Crippen molar-refractivity contribution in [2.24, 2.45) is 0 Å². The molecule has 2 heterocycles. The Morgan fingerprint density at radius 1 is 1.16 bits per heavy atom. The van der Waals surface area contributed by atoms with E-state index in [1.54, 1.807) is 11.8 Å². The zero-order valence-electron chi connectivity index (χ0n) is 11.3. The number of aromatic nitrogens is 3. The van der Waals surface area contributed by atoms with Crippen LogP contribution in [-0.2, 0) is 0 Å². The Labute approximate surface area is 118 Å². The highest BCUT2D eigenvalue weighted by atomic mass is 32.2. The molecule has 1 saturated carbocycles. The van der Waals surface area contributed by atoms with E-state index < -0.39 is 0 Å². The van der Waals surface area contributed by atoms with Gasteiger partial charge in [0.15, 0.2) is 5.16 Å². The third kappa shape index (κ3) is 3.05. The molecule has 1 aromatic rings. The van der Waals surface area contributed by atoms with Crippen LogP contribution in [0, 0.1) is 0 Å². The fourth-order valence-corrected chi connectivity index (χ4v) is 3.48. The Hall–Kier alpha value is -0.750. The minimum atomic E-state index is 0.254. The van der Waals surface area contributed by atoms with Crippen LogP contribution >= 0.6 is 11.8 Å². The lowest BCUT2D eigenvalue weighted by Gasteiger charge is -2.27. The van der Waals surface area contributed by atoms with Crippen molar-refractivity contribution in [1.82, 2.24) is 14.8 Å². The Kier molecular flexibility index (Phi) is 4.28. The second kappa shape index (κ2) is 6.13. The first kappa shape index (κ1) is 13.2. The standard InChI is InChI=1S/C13H22N4OS/c18-9-4-10-19-13-15-14-12(17(13)11-5-6-11)16-7-2-1-3-8-16/h11,18H,1-10H2.